The Bertz CT molecular complexity index is 790. The van der Waals surface area contributed by atoms with Gasteiger partial charge in [-0.1, -0.05) is 12.1 Å². The summed E-state index contributed by atoms with van der Waals surface area (Å²) in [6, 6.07) is 5.47. The van der Waals surface area contributed by atoms with E-state index in [1.807, 2.05) is 13.8 Å². The number of hydrogen-bond acceptors (Lipinski definition) is 4. The molecule has 1 aliphatic heterocycles. The van der Waals surface area contributed by atoms with E-state index in [1.165, 1.54) is 24.3 Å². The second kappa shape index (κ2) is 8.22. The summed E-state index contributed by atoms with van der Waals surface area (Å²) < 4.78 is 42.8. The van der Waals surface area contributed by atoms with Gasteiger partial charge in [0.15, 0.2) is 0 Å². The molecule has 1 aromatic heterocycles. The van der Waals surface area contributed by atoms with E-state index >= 15 is 0 Å². The number of carbonyl (C=O) groups excluding carboxylic acids is 1. The van der Waals surface area contributed by atoms with Crippen molar-refractivity contribution in [2.75, 3.05) is 31.5 Å². The minimum atomic E-state index is -4.24. The fourth-order valence-electron chi connectivity index (χ4n) is 3.05. The maximum Gasteiger partial charge on any atom is 0.393 e. The number of nitrogens with zero attached hydrogens (tertiary/aromatic N) is 3. The number of aryl methyl sites for hydroxylation is 2. The smallest absolute Gasteiger partial charge is 0.393 e. The summed E-state index contributed by atoms with van der Waals surface area (Å²) in [6.45, 7) is 6.87. The van der Waals surface area contributed by atoms with Crippen LogP contribution in [0.15, 0.2) is 28.7 Å². The highest BCUT2D eigenvalue weighted by atomic mass is 19.4. The maximum absolute atomic E-state index is 12.4. The zero-order valence-corrected chi connectivity index (χ0v) is 15.8. The molecule has 0 unspecified atom stereocenters. The standard InChI is InChI=1S/C19H23F3N4O2/c1-13-14(2)28-17(23-13)12-25-7-9-26(10-8-25)18(27)24-16-5-3-15(4-6-16)11-19(20,21)22/h3-6H,7-12H2,1-2H3,(H,24,27). The normalized spacial score (nSPS) is 15.7. The summed E-state index contributed by atoms with van der Waals surface area (Å²) in [6.07, 6.45) is -5.22. The number of nitrogens with one attached hydrogen (secondary N) is 1. The van der Waals surface area contributed by atoms with Gasteiger partial charge >= 0.3 is 12.2 Å². The Morgan fingerprint density at radius 1 is 1.14 bits per heavy atom. The van der Waals surface area contributed by atoms with E-state index in [1.54, 1.807) is 4.90 Å². The number of rotatable bonds is 4. The van der Waals surface area contributed by atoms with Crippen molar-refractivity contribution in [3.05, 3.63) is 47.2 Å². The first-order valence-corrected chi connectivity index (χ1v) is 9.06. The fourth-order valence-corrected chi connectivity index (χ4v) is 3.05. The third-order valence-electron chi connectivity index (χ3n) is 4.70. The number of halogens is 3. The van der Waals surface area contributed by atoms with E-state index < -0.39 is 12.6 Å². The highest BCUT2D eigenvalue weighted by Gasteiger charge is 2.27. The molecule has 2 amide bonds. The predicted molar refractivity (Wildman–Crippen MR) is 98.0 cm³/mol. The molecule has 1 fully saturated rings. The lowest BCUT2D eigenvalue weighted by molar-refractivity contribution is -0.127. The van der Waals surface area contributed by atoms with E-state index in [0.29, 0.717) is 44.3 Å². The number of carbonyl (C=O) groups is 1. The van der Waals surface area contributed by atoms with Gasteiger partial charge in [0.2, 0.25) is 5.89 Å². The molecule has 1 aromatic carbocycles. The minimum absolute atomic E-state index is 0.163. The van der Waals surface area contributed by atoms with Crippen molar-refractivity contribution in [1.29, 1.82) is 0 Å². The van der Waals surface area contributed by atoms with Gasteiger partial charge in [-0.3, -0.25) is 4.90 Å². The molecule has 2 heterocycles. The van der Waals surface area contributed by atoms with Gasteiger partial charge in [0.05, 0.1) is 18.7 Å². The summed E-state index contributed by atoms with van der Waals surface area (Å²) in [5.41, 5.74) is 1.52. The lowest BCUT2D eigenvalue weighted by Crippen LogP contribution is -2.49. The van der Waals surface area contributed by atoms with E-state index in [0.717, 1.165) is 11.5 Å². The van der Waals surface area contributed by atoms with Crippen molar-refractivity contribution in [2.45, 2.75) is 33.0 Å². The molecule has 0 aliphatic carbocycles. The van der Waals surface area contributed by atoms with Gasteiger partial charge in [-0.2, -0.15) is 13.2 Å². The van der Waals surface area contributed by atoms with Crippen LogP contribution in [0.25, 0.3) is 0 Å². The Morgan fingerprint density at radius 2 is 1.79 bits per heavy atom. The van der Waals surface area contributed by atoms with Crippen LogP contribution in [0.5, 0.6) is 0 Å². The number of amides is 2. The topological polar surface area (TPSA) is 61.6 Å². The summed E-state index contributed by atoms with van der Waals surface area (Å²) >= 11 is 0. The number of urea groups is 1. The highest BCUT2D eigenvalue weighted by molar-refractivity contribution is 5.89. The monoisotopic (exact) mass is 396 g/mol. The number of anilines is 1. The largest absolute Gasteiger partial charge is 0.444 e. The minimum Gasteiger partial charge on any atom is -0.444 e. The number of piperazine rings is 1. The molecule has 1 aliphatic rings. The lowest BCUT2D eigenvalue weighted by Gasteiger charge is -2.34. The zero-order valence-electron chi connectivity index (χ0n) is 15.8. The quantitative estimate of drug-likeness (QED) is 0.855. The molecule has 28 heavy (non-hydrogen) atoms. The molecule has 152 valence electrons. The van der Waals surface area contributed by atoms with E-state index in [4.69, 9.17) is 4.42 Å². The zero-order chi connectivity index (χ0) is 20.3. The third-order valence-corrected chi connectivity index (χ3v) is 4.70. The van der Waals surface area contributed by atoms with Crippen molar-refractivity contribution in [3.63, 3.8) is 0 Å². The Balaban J connectivity index is 1.47. The molecule has 0 atom stereocenters. The van der Waals surface area contributed by atoms with Crippen molar-refractivity contribution in [1.82, 2.24) is 14.8 Å². The van der Waals surface area contributed by atoms with Gasteiger partial charge in [-0.25, -0.2) is 9.78 Å². The predicted octanol–water partition coefficient (Wildman–Crippen LogP) is 3.75. The lowest BCUT2D eigenvalue weighted by atomic mass is 10.1. The summed E-state index contributed by atoms with van der Waals surface area (Å²) in [5, 5.41) is 2.73. The van der Waals surface area contributed by atoms with Crippen molar-refractivity contribution in [2.24, 2.45) is 0 Å². The van der Waals surface area contributed by atoms with E-state index in [-0.39, 0.29) is 11.6 Å². The Kier molecular flexibility index (Phi) is 5.93. The molecule has 3 rings (SSSR count). The van der Waals surface area contributed by atoms with Gasteiger partial charge < -0.3 is 14.6 Å². The van der Waals surface area contributed by atoms with Crippen LogP contribution >= 0.6 is 0 Å². The van der Waals surface area contributed by atoms with Crippen LogP contribution in [0.1, 0.15) is 22.9 Å². The highest BCUT2D eigenvalue weighted by Crippen LogP contribution is 2.22. The van der Waals surface area contributed by atoms with Crippen molar-refractivity contribution < 1.29 is 22.4 Å². The molecule has 1 saturated heterocycles. The van der Waals surface area contributed by atoms with Crippen molar-refractivity contribution >= 4 is 11.7 Å². The number of oxazole rings is 1. The van der Waals surface area contributed by atoms with Crippen LogP contribution in [-0.4, -0.2) is 53.2 Å². The summed E-state index contributed by atoms with van der Waals surface area (Å²) in [7, 11) is 0. The molecule has 9 heteroatoms. The molecular formula is C19H23F3N4O2. The number of benzene rings is 1. The van der Waals surface area contributed by atoms with Gasteiger partial charge in [-0.05, 0) is 31.5 Å². The van der Waals surface area contributed by atoms with Crippen LogP contribution in [0.3, 0.4) is 0 Å². The van der Waals surface area contributed by atoms with Gasteiger partial charge in [0.1, 0.15) is 5.76 Å². The van der Waals surface area contributed by atoms with Crippen molar-refractivity contribution in [3.8, 4) is 0 Å². The Labute approximate surface area is 161 Å². The molecule has 0 bridgehead atoms. The van der Waals surface area contributed by atoms with Gasteiger partial charge in [0.25, 0.3) is 0 Å². The van der Waals surface area contributed by atoms with Crippen LogP contribution in [0.2, 0.25) is 0 Å². The summed E-state index contributed by atoms with van der Waals surface area (Å²) in [4.78, 5) is 20.6. The fraction of sp³-hybridized carbons (Fsp3) is 0.474. The number of aromatic nitrogens is 1. The Morgan fingerprint density at radius 3 is 2.32 bits per heavy atom. The SMILES string of the molecule is Cc1nc(CN2CCN(C(=O)Nc3ccc(CC(F)(F)F)cc3)CC2)oc1C. The van der Waals surface area contributed by atoms with Crippen LogP contribution < -0.4 is 5.32 Å². The van der Waals surface area contributed by atoms with E-state index in [9.17, 15) is 18.0 Å². The molecule has 2 aromatic rings. The molecule has 0 saturated carbocycles. The van der Waals surface area contributed by atoms with Gasteiger partial charge in [-0.15, -0.1) is 0 Å². The van der Waals surface area contributed by atoms with Gasteiger partial charge in [0, 0.05) is 31.9 Å². The first kappa shape index (κ1) is 20.2. The Hall–Kier alpha value is -2.55. The molecule has 0 radical (unpaired) electrons. The average molecular weight is 396 g/mol. The average Bonchev–Trinajstić information content (AvgIpc) is 2.93. The third kappa shape index (κ3) is 5.48. The first-order chi connectivity index (χ1) is 13.2. The molecule has 6 nitrogen and oxygen atoms in total. The van der Waals surface area contributed by atoms with Crippen LogP contribution in [0, 0.1) is 13.8 Å². The maximum atomic E-state index is 12.4. The summed E-state index contributed by atoms with van der Waals surface area (Å²) in [5.74, 6) is 1.49. The number of alkyl halides is 3. The second-order valence-corrected chi connectivity index (χ2v) is 6.93. The number of hydrogen-bond donors (Lipinski definition) is 1. The van der Waals surface area contributed by atoms with E-state index in [2.05, 4.69) is 15.2 Å². The first-order valence-electron chi connectivity index (χ1n) is 9.06. The second-order valence-electron chi connectivity index (χ2n) is 6.93. The molecule has 0 spiro atoms. The molecular weight excluding hydrogens is 373 g/mol. The molecule has 1 N–H and O–H groups in total. The van der Waals surface area contributed by atoms with Crippen LogP contribution in [-0.2, 0) is 13.0 Å². The van der Waals surface area contributed by atoms with Crippen LogP contribution in [0.4, 0.5) is 23.7 Å².